The fourth-order valence-electron chi connectivity index (χ4n) is 1.55. The minimum Gasteiger partial charge on any atom is -0.491 e. The smallest absolute Gasteiger partial charge is 0.213 e. The summed E-state index contributed by atoms with van der Waals surface area (Å²) in [6.07, 6.45) is 1.36. The molecule has 0 spiro atoms. The first-order valence-electron chi connectivity index (χ1n) is 6.26. The Bertz CT molecular complexity index is 490. The van der Waals surface area contributed by atoms with E-state index in [4.69, 9.17) is 16.3 Å². The van der Waals surface area contributed by atoms with Crippen molar-refractivity contribution in [1.29, 1.82) is 0 Å². The molecular weight excluding hydrogens is 282 g/mol. The lowest BCUT2D eigenvalue weighted by atomic mass is 10.3. The van der Waals surface area contributed by atoms with E-state index in [2.05, 4.69) is 20.0 Å². The van der Waals surface area contributed by atoms with Crippen LogP contribution in [0, 0.1) is 0 Å². The van der Waals surface area contributed by atoms with E-state index >= 15 is 0 Å². The molecular formula is C13H16ClN3O3. The summed E-state index contributed by atoms with van der Waals surface area (Å²) in [5.74, 6) is 1.32. The van der Waals surface area contributed by atoms with Crippen molar-refractivity contribution >= 4 is 11.6 Å². The molecule has 0 fully saturated rings. The van der Waals surface area contributed by atoms with Gasteiger partial charge in [-0.25, -0.2) is 0 Å². The number of halogens is 1. The first kappa shape index (κ1) is 14.8. The summed E-state index contributed by atoms with van der Waals surface area (Å²) in [4.78, 5) is 3.90. The molecule has 2 N–H and O–H groups in total. The van der Waals surface area contributed by atoms with E-state index in [1.165, 1.54) is 6.39 Å². The van der Waals surface area contributed by atoms with Gasteiger partial charge in [-0.2, -0.15) is 4.98 Å². The van der Waals surface area contributed by atoms with Crippen molar-refractivity contribution in [3.8, 4) is 5.75 Å². The van der Waals surface area contributed by atoms with Gasteiger partial charge < -0.3 is 19.7 Å². The lowest BCUT2D eigenvalue weighted by Crippen LogP contribution is -2.32. The molecule has 0 aliphatic carbocycles. The Balaban J connectivity index is 1.58. The molecule has 1 atom stereocenters. The SMILES string of the molecule is OC(CNCCc1ncon1)COc1ccc(Cl)cc1. The predicted molar refractivity (Wildman–Crippen MR) is 73.8 cm³/mol. The van der Waals surface area contributed by atoms with Gasteiger partial charge in [-0.05, 0) is 24.3 Å². The van der Waals surface area contributed by atoms with Crippen molar-refractivity contribution in [2.45, 2.75) is 12.5 Å². The van der Waals surface area contributed by atoms with E-state index in [1.54, 1.807) is 24.3 Å². The quantitative estimate of drug-likeness (QED) is 0.715. The summed E-state index contributed by atoms with van der Waals surface area (Å²) in [5, 5.41) is 17.2. The molecule has 108 valence electrons. The van der Waals surface area contributed by atoms with Crippen molar-refractivity contribution in [3.05, 3.63) is 41.5 Å². The number of hydrogen-bond acceptors (Lipinski definition) is 6. The highest BCUT2D eigenvalue weighted by atomic mass is 35.5. The Labute approximate surface area is 121 Å². The van der Waals surface area contributed by atoms with Gasteiger partial charge in [-0.3, -0.25) is 0 Å². The van der Waals surface area contributed by atoms with Crippen molar-refractivity contribution in [2.24, 2.45) is 0 Å². The third-order valence-corrected chi connectivity index (χ3v) is 2.82. The Morgan fingerprint density at radius 1 is 1.35 bits per heavy atom. The molecule has 7 heteroatoms. The van der Waals surface area contributed by atoms with Gasteiger partial charge in [0.2, 0.25) is 6.39 Å². The van der Waals surface area contributed by atoms with Gasteiger partial charge in [0.25, 0.3) is 0 Å². The summed E-state index contributed by atoms with van der Waals surface area (Å²) in [5.41, 5.74) is 0. The molecule has 0 bridgehead atoms. The zero-order valence-corrected chi connectivity index (χ0v) is 11.6. The van der Waals surface area contributed by atoms with Gasteiger partial charge in [0.05, 0.1) is 0 Å². The second-order valence-corrected chi connectivity index (χ2v) is 4.66. The summed E-state index contributed by atoms with van der Waals surface area (Å²) < 4.78 is 10.1. The van der Waals surface area contributed by atoms with Crippen molar-refractivity contribution in [3.63, 3.8) is 0 Å². The van der Waals surface area contributed by atoms with Crippen LogP contribution in [-0.2, 0) is 6.42 Å². The Hall–Kier alpha value is -1.63. The Morgan fingerprint density at radius 2 is 2.15 bits per heavy atom. The van der Waals surface area contributed by atoms with Crippen LogP contribution in [0.25, 0.3) is 0 Å². The molecule has 0 aliphatic heterocycles. The normalized spacial score (nSPS) is 12.3. The van der Waals surface area contributed by atoms with E-state index in [1.807, 2.05) is 0 Å². The minimum absolute atomic E-state index is 0.219. The van der Waals surface area contributed by atoms with Crippen LogP contribution in [0.3, 0.4) is 0 Å². The first-order chi connectivity index (χ1) is 9.74. The maximum absolute atomic E-state index is 9.76. The van der Waals surface area contributed by atoms with Crippen molar-refractivity contribution in [1.82, 2.24) is 15.5 Å². The number of ether oxygens (including phenoxy) is 1. The van der Waals surface area contributed by atoms with E-state index < -0.39 is 6.10 Å². The molecule has 0 aliphatic rings. The molecule has 0 saturated carbocycles. The molecule has 0 radical (unpaired) electrons. The van der Waals surface area contributed by atoms with Crippen LogP contribution in [0.1, 0.15) is 5.82 Å². The first-order valence-corrected chi connectivity index (χ1v) is 6.64. The number of nitrogens with one attached hydrogen (secondary N) is 1. The molecule has 1 unspecified atom stereocenters. The van der Waals surface area contributed by atoms with Crippen LogP contribution < -0.4 is 10.1 Å². The van der Waals surface area contributed by atoms with Crippen LogP contribution in [0.5, 0.6) is 5.75 Å². The Morgan fingerprint density at radius 3 is 2.85 bits per heavy atom. The lowest BCUT2D eigenvalue weighted by Gasteiger charge is -2.13. The maximum atomic E-state index is 9.76. The Kier molecular flexibility index (Phi) is 5.79. The fourth-order valence-corrected chi connectivity index (χ4v) is 1.68. The third kappa shape index (κ3) is 5.16. The maximum Gasteiger partial charge on any atom is 0.213 e. The zero-order valence-electron chi connectivity index (χ0n) is 10.8. The predicted octanol–water partition coefficient (Wildman–Crippen LogP) is 1.29. The summed E-state index contributed by atoms with van der Waals surface area (Å²) in [6.45, 7) is 1.32. The van der Waals surface area contributed by atoms with Crippen LogP contribution in [0.15, 0.2) is 35.2 Å². The van der Waals surface area contributed by atoms with Gasteiger partial charge in [0, 0.05) is 24.5 Å². The van der Waals surface area contributed by atoms with Gasteiger partial charge in [-0.1, -0.05) is 16.8 Å². The average Bonchev–Trinajstić information content (AvgIpc) is 2.96. The van der Waals surface area contributed by atoms with Crippen LogP contribution in [-0.4, -0.2) is 41.0 Å². The molecule has 1 heterocycles. The zero-order chi connectivity index (χ0) is 14.2. The molecule has 6 nitrogen and oxygen atoms in total. The average molecular weight is 298 g/mol. The summed E-state index contributed by atoms with van der Waals surface area (Å²) >= 11 is 5.77. The van der Waals surface area contributed by atoms with Crippen molar-refractivity contribution < 1.29 is 14.4 Å². The highest BCUT2D eigenvalue weighted by Crippen LogP contribution is 2.15. The molecule has 1 aromatic heterocycles. The topological polar surface area (TPSA) is 80.4 Å². The number of hydrogen-bond donors (Lipinski definition) is 2. The van der Waals surface area contributed by atoms with E-state index in [0.717, 1.165) is 0 Å². The van der Waals surface area contributed by atoms with Gasteiger partial charge in [0.15, 0.2) is 5.82 Å². The van der Waals surface area contributed by atoms with Gasteiger partial charge in [-0.15, -0.1) is 0 Å². The largest absolute Gasteiger partial charge is 0.491 e. The number of aliphatic hydroxyl groups excluding tert-OH is 1. The summed E-state index contributed by atoms with van der Waals surface area (Å²) in [7, 11) is 0. The van der Waals surface area contributed by atoms with Gasteiger partial charge in [0.1, 0.15) is 18.5 Å². The van der Waals surface area contributed by atoms with E-state index in [9.17, 15) is 5.11 Å². The van der Waals surface area contributed by atoms with Crippen LogP contribution >= 0.6 is 11.6 Å². The highest BCUT2D eigenvalue weighted by Gasteiger charge is 2.05. The second-order valence-electron chi connectivity index (χ2n) is 4.22. The number of aromatic nitrogens is 2. The fraction of sp³-hybridized carbons (Fsp3) is 0.385. The molecule has 2 rings (SSSR count). The van der Waals surface area contributed by atoms with Gasteiger partial charge >= 0.3 is 0 Å². The number of rotatable bonds is 8. The number of benzene rings is 1. The highest BCUT2D eigenvalue weighted by molar-refractivity contribution is 6.30. The minimum atomic E-state index is -0.587. The molecule has 0 saturated heterocycles. The molecule has 0 amide bonds. The lowest BCUT2D eigenvalue weighted by molar-refractivity contribution is 0.106. The van der Waals surface area contributed by atoms with Crippen LogP contribution in [0.4, 0.5) is 0 Å². The standard InChI is InChI=1S/C13H16ClN3O3/c14-10-1-3-12(4-2-10)19-8-11(18)7-15-6-5-13-16-9-20-17-13/h1-4,9,11,15,18H,5-8H2. The molecule has 20 heavy (non-hydrogen) atoms. The summed E-state index contributed by atoms with van der Waals surface area (Å²) in [6, 6.07) is 7.01. The molecule has 2 aromatic rings. The molecule has 1 aromatic carbocycles. The number of nitrogens with zero attached hydrogens (tertiary/aromatic N) is 2. The van der Waals surface area contributed by atoms with E-state index in [0.29, 0.717) is 36.1 Å². The van der Waals surface area contributed by atoms with E-state index in [-0.39, 0.29) is 6.61 Å². The monoisotopic (exact) mass is 297 g/mol. The second kappa shape index (κ2) is 7.84. The van der Waals surface area contributed by atoms with Crippen LogP contribution in [0.2, 0.25) is 5.02 Å². The number of aliphatic hydroxyl groups is 1. The van der Waals surface area contributed by atoms with Crippen molar-refractivity contribution in [2.75, 3.05) is 19.7 Å². The third-order valence-electron chi connectivity index (χ3n) is 2.57.